The summed E-state index contributed by atoms with van der Waals surface area (Å²) in [5.74, 6) is -0.0571. The standard InChI is InChI=1S/C30H32N6O5S/c1-33-11-9-24(36(30(31)40)20-8-7-18-5-3-4-6-19(18)13-20)29(39)35-16-22(37)14-21(35)17-41-26-10-12-42-27(26)23-15-25(28(33)38)34(2)32-23/h3-8,10,12-13,15,21-22,24,37H,9,11,14,16-17H2,1-2H3,(H2,31,40)/t21-,22-,24-/m0/s1. The molecule has 2 bridgehead atoms. The zero-order chi connectivity index (χ0) is 29.5. The van der Waals surface area contributed by atoms with Gasteiger partial charge < -0.3 is 25.4 Å². The van der Waals surface area contributed by atoms with Crippen LogP contribution >= 0.6 is 11.3 Å². The van der Waals surface area contributed by atoms with Crippen molar-refractivity contribution in [3.05, 3.63) is 65.7 Å². The number of urea groups is 1. The molecule has 2 aliphatic heterocycles. The third-order valence-corrected chi connectivity index (χ3v) is 8.92. The van der Waals surface area contributed by atoms with Gasteiger partial charge in [0, 0.05) is 32.9 Å². The van der Waals surface area contributed by atoms with Gasteiger partial charge in [0.05, 0.1) is 17.0 Å². The molecule has 3 N–H and O–H groups in total. The van der Waals surface area contributed by atoms with Gasteiger partial charge in [-0.3, -0.25) is 19.2 Å². The number of aliphatic hydroxyl groups is 1. The maximum Gasteiger partial charge on any atom is 0.320 e. The summed E-state index contributed by atoms with van der Waals surface area (Å²) in [7, 11) is 3.36. The fourth-order valence-corrected chi connectivity index (χ4v) is 6.63. The summed E-state index contributed by atoms with van der Waals surface area (Å²) in [6.45, 7) is 0.404. The molecule has 0 unspecified atom stereocenters. The van der Waals surface area contributed by atoms with Gasteiger partial charge >= 0.3 is 6.03 Å². The maximum absolute atomic E-state index is 14.3. The molecule has 0 aliphatic carbocycles. The summed E-state index contributed by atoms with van der Waals surface area (Å²) in [4.78, 5) is 46.1. The van der Waals surface area contributed by atoms with Crippen LogP contribution in [0.2, 0.25) is 0 Å². The van der Waals surface area contributed by atoms with Crippen LogP contribution in [0.3, 0.4) is 0 Å². The second-order valence-electron chi connectivity index (χ2n) is 10.8. The lowest BCUT2D eigenvalue weighted by Crippen LogP contribution is -2.55. The Bertz CT molecular complexity index is 1670. The molecular formula is C30H32N6O5S. The number of aryl methyl sites for hydroxylation is 1. The molecule has 1 saturated heterocycles. The van der Waals surface area contributed by atoms with Gasteiger partial charge in [-0.15, -0.1) is 11.3 Å². The summed E-state index contributed by atoms with van der Waals surface area (Å²) in [5.41, 5.74) is 7.42. The van der Waals surface area contributed by atoms with Gasteiger partial charge in [-0.05, 0) is 53.3 Å². The Hall–Kier alpha value is -4.42. The van der Waals surface area contributed by atoms with Crippen molar-refractivity contribution in [3.63, 3.8) is 0 Å². The third kappa shape index (κ3) is 5.07. The van der Waals surface area contributed by atoms with Crippen LogP contribution in [-0.2, 0) is 11.8 Å². The second-order valence-corrected chi connectivity index (χ2v) is 11.7. The number of primary amides is 1. The highest BCUT2D eigenvalue weighted by atomic mass is 32.1. The molecule has 0 radical (unpaired) electrons. The number of amides is 4. The van der Waals surface area contributed by atoms with E-state index in [1.54, 1.807) is 31.1 Å². The Balaban J connectivity index is 1.42. The first-order valence-electron chi connectivity index (χ1n) is 13.8. The van der Waals surface area contributed by atoms with E-state index in [1.807, 2.05) is 47.8 Å². The number of carbonyl (C=O) groups is 3. The maximum atomic E-state index is 14.3. The number of aliphatic hydroxyl groups excluding tert-OH is 1. The number of benzene rings is 2. The normalized spacial score (nSPS) is 21.4. The Morgan fingerprint density at radius 3 is 2.69 bits per heavy atom. The number of anilines is 1. The monoisotopic (exact) mass is 588 g/mol. The van der Waals surface area contributed by atoms with Crippen LogP contribution in [0.25, 0.3) is 21.3 Å². The lowest BCUT2D eigenvalue weighted by molar-refractivity contribution is -0.134. The first-order valence-corrected chi connectivity index (χ1v) is 14.7. The van der Waals surface area contributed by atoms with Crippen LogP contribution in [0.4, 0.5) is 10.5 Å². The Morgan fingerprint density at radius 2 is 1.90 bits per heavy atom. The number of thiophene rings is 1. The van der Waals surface area contributed by atoms with E-state index >= 15 is 0 Å². The Morgan fingerprint density at radius 1 is 1.12 bits per heavy atom. The molecule has 4 heterocycles. The average molecular weight is 589 g/mol. The highest BCUT2D eigenvalue weighted by Crippen LogP contribution is 2.36. The van der Waals surface area contributed by atoms with Gasteiger partial charge in [0.25, 0.3) is 5.91 Å². The third-order valence-electron chi connectivity index (χ3n) is 8.00. The number of rotatable bonds is 2. The summed E-state index contributed by atoms with van der Waals surface area (Å²) in [6, 6.07) is 14.5. The summed E-state index contributed by atoms with van der Waals surface area (Å²) in [6.07, 6.45) is -0.291. The van der Waals surface area contributed by atoms with E-state index in [-0.39, 0.29) is 37.9 Å². The highest BCUT2D eigenvalue weighted by Gasteiger charge is 2.41. The molecule has 3 atom stereocenters. The molecule has 42 heavy (non-hydrogen) atoms. The Labute approximate surface area is 246 Å². The number of hydrogen-bond donors (Lipinski definition) is 2. The van der Waals surface area contributed by atoms with Crippen LogP contribution in [0.15, 0.2) is 60.0 Å². The number of carbonyl (C=O) groups excluding carboxylic acids is 3. The minimum absolute atomic E-state index is 0.0994. The van der Waals surface area contributed by atoms with Crippen LogP contribution in [0.1, 0.15) is 23.3 Å². The SMILES string of the molecule is CN1CC[C@H](N(C(N)=O)c2ccc3ccccc3c2)C(=O)N2C[C@@H](O)C[C@H]2COc2ccsc2-c2cc(n(C)n2)C1=O. The summed E-state index contributed by atoms with van der Waals surface area (Å²) >= 11 is 1.45. The zero-order valence-corrected chi connectivity index (χ0v) is 24.2. The van der Waals surface area contributed by atoms with Gasteiger partial charge in [-0.1, -0.05) is 30.3 Å². The number of ether oxygens (including phenoxy) is 1. The number of nitrogens with zero attached hydrogens (tertiary/aromatic N) is 5. The van der Waals surface area contributed by atoms with Gasteiger partial charge in [-0.2, -0.15) is 5.10 Å². The quantitative estimate of drug-likeness (QED) is 0.370. The molecule has 12 heteroatoms. The van der Waals surface area contributed by atoms with Crippen LogP contribution in [0.5, 0.6) is 5.75 Å². The lowest BCUT2D eigenvalue weighted by Gasteiger charge is -2.35. The molecule has 0 spiro atoms. The van der Waals surface area contributed by atoms with E-state index < -0.39 is 24.2 Å². The van der Waals surface area contributed by atoms with Crippen molar-refractivity contribution in [1.29, 1.82) is 0 Å². The fraction of sp³-hybridized carbons (Fsp3) is 0.333. The van der Waals surface area contributed by atoms with E-state index in [9.17, 15) is 19.5 Å². The largest absolute Gasteiger partial charge is 0.490 e. The molecule has 2 aliphatic rings. The van der Waals surface area contributed by atoms with Crippen molar-refractivity contribution >= 4 is 45.6 Å². The molecule has 1 fully saturated rings. The minimum Gasteiger partial charge on any atom is -0.490 e. The van der Waals surface area contributed by atoms with Crippen molar-refractivity contribution in [1.82, 2.24) is 19.6 Å². The minimum atomic E-state index is -1.03. The van der Waals surface area contributed by atoms with Gasteiger partial charge in [-0.25, -0.2) is 4.79 Å². The van der Waals surface area contributed by atoms with Crippen molar-refractivity contribution in [2.45, 2.75) is 31.0 Å². The smallest absolute Gasteiger partial charge is 0.320 e. The molecule has 218 valence electrons. The summed E-state index contributed by atoms with van der Waals surface area (Å²) < 4.78 is 7.73. The number of hydrogen-bond acceptors (Lipinski definition) is 7. The number of nitrogens with two attached hydrogens (primary N) is 1. The van der Waals surface area contributed by atoms with Crippen molar-refractivity contribution in [3.8, 4) is 16.3 Å². The fourth-order valence-electron chi connectivity index (χ4n) is 5.84. The first-order chi connectivity index (χ1) is 20.2. The number of fused-ring (bicyclic) bond motifs is 6. The van der Waals surface area contributed by atoms with Crippen LogP contribution in [0, 0.1) is 0 Å². The van der Waals surface area contributed by atoms with Crippen LogP contribution < -0.4 is 15.4 Å². The van der Waals surface area contributed by atoms with E-state index in [4.69, 9.17) is 10.5 Å². The van der Waals surface area contributed by atoms with Gasteiger partial charge in [0.2, 0.25) is 5.91 Å². The first kappa shape index (κ1) is 27.7. The molecule has 2 aromatic carbocycles. The molecule has 11 nitrogen and oxygen atoms in total. The van der Waals surface area contributed by atoms with Crippen molar-refractivity contribution < 1.29 is 24.2 Å². The van der Waals surface area contributed by atoms with Gasteiger partial charge in [0.15, 0.2) is 0 Å². The molecule has 4 aromatic rings. The predicted octanol–water partition coefficient (Wildman–Crippen LogP) is 3.07. The molecule has 6 rings (SSSR count). The van der Waals surface area contributed by atoms with E-state index in [2.05, 4.69) is 5.10 Å². The lowest BCUT2D eigenvalue weighted by atomic mass is 10.1. The Kier molecular flexibility index (Phi) is 7.33. The molecule has 0 saturated carbocycles. The predicted molar refractivity (Wildman–Crippen MR) is 160 cm³/mol. The average Bonchev–Trinajstić information content (AvgIpc) is 3.70. The van der Waals surface area contributed by atoms with Crippen LogP contribution in [-0.4, -0.2) is 87.5 Å². The highest BCUT2D eigenvalue weighted by molar-refractivity contribution is 7.14. The van der Waals surface area contributed by atoms with E-state index in [1.165, 1.54) is 25.8 Å². The number of aromatic nitrogens is 2. The second kappa shape index (κ2) is 11.1. The zero-order valence-electron chi connectivity index (χ0n) is 23.3. The van der Waals surface area contributed by atoms with Crippen molar-refractivity contribution in [2.75, 3.05) is 31.6 Å². The van der Waals surface area contributed by atoms with Crippen molar-refractivity contribution in [2.24, 2.45) is 12.8 Å². The topological polar surface area (TPSA) is 134 Å². The molecule has 2 aromatic heterocycles. The molecular weight excluding hydrogens is 556 g/mol. The van der Waals surface area contributed by atoms with E-state index in [0.29, 0.717) is 29.2 Å². The van der Waals surface area contributed by atoms with Gasteiger partial charge in [0.1, 0.15) is 29.8 Å². The summed E-state index contributed by atoms with van der Waals surface area (Å²) in [5, 5.41) is 18.9. The van der Waals surface area contributed by atoms with E-state index in [0.717, 1.165) is 15.6 Å². The molecule has 4 amide bonds.